The molecule has 0 bridgehead atoms. The molecule has 250 valence electrons. The summed E-state index contributed by atoms with van der Waals surface area (Å²) in [5.41, 5.74) is 0.396. The van der Waals surface area contributed by atoms with Gasteiger partial charge in [0.25, 0.3) is 5.91 Å². The largest absolute Gasteiger partial charge is 0.497 e. The van der Waals surface area contributed by atoms with Gasteiger partial charge in [0.1, 0.15) is 5.75 Å². The van der Waals surface area contributed by atoms with Crippen LogP contribution in [0.15, 0.2) is 47.0 Å². The number of halogens is 1. The first kappa shape index (κ1) is 35.0. The van der Waals surface area contributed by atoms with Gasteiger partial charge in [-0.1, -0.05) is 16.8 Å². The molecule has 0 aliphatic carbocycles. The molecule has 1 aliphatic rings. The summed E-state index contributed by atoms with van der Waals surface area (Å²) in [4.78, 5) is 50.9. The number of carboxylic acid groups (broad SMARTS) is 3. The molecular formula is C31H34ClN5O10. The highest BCUT2D eigenvalue weighted by atomic mass is 35.5. The highest BCUT2D eigenvalue weighted by Crippen LogP contribution is 2.32. The number of carbonyl (C=O) groups excluding carboxylic acids is 1. The lowest BCUT2D eigenvalue weighted by atomic mass is 9.96. The van der Waals surface area contributed by atoms with Crippen molar-refractivity contribution in [2.75, 3.05) is 33.3 Å². The first-order valence-corrected chi connectivity index (χ1v) is 14.8. The third kappa shape index (κ3) is 8.71. The molecule has 2 aromatic heterocycles. The highest BCUT2D eigenvalue weighted by Gasteiger charge is 2.40. The fourth-order valence-corrected chi connectivity index (χ4v) is 5.28. The Morgan fingerprint density at radius 2 is 1.66 bits per heavy atom. The second-order valence-corrected chi connectivity index (χ2v) is 11.3. The van der Waals surface area contributed by atoms with Crippen LogP contribution in [-0.4, -0.2) is 103 Å². The average Bonchev–Trinajstić information content (AvgIpc) is 3.57. The first-order chi connectivity index (χ1) is 22.3. The number of hydrogen-bond donors (Lipinski definition) is 5. The number of benzene rings is 2. The molecule has 0 spiro atoms. The maximum absolute atomic E-state index is 13.5. The zero-order chi connectivity index (χ0) is 34.3. The third-order valence-electron chi connectivity index (χ3n) is 7.53. The minimum atomic E-state index is -2.74. The molecule has 0 saturated carbocycles. The number of nitrogens with zero attached hydrogens (tertiary/aromatic N) is 4. The summed E-state index contributed by atoms with van der Waals surface area (Å²) >= 11 is 6.02. The Labute approximate surface area is 273 Å². The minimum absolute atomic E-state index is 0.125. The number of carboxylic acids is 3. The van der Waals surface area contributed by atoms with Gasteiger partial charge < -0.3 is 35.0 Å². The normalized spacial score (nSPS) is 13.5. The van der Waals surface area contributed by atoms with Crippen LogP contribution < -0.4 is 10.1 Å². The molecule has 0 amide bonds. The fraction of sp³-hybridized carbons (Fsp3) is 0.355. The van der Waals surface area contributed by atoms with Crippen molar-refractivity contribution in [3.05, 3.63) is 76.0 Å². The van der Waals surface area contributed by atoms with Gasteiger partial charge in [0.2, 0.25) is 5.89 Å². The average molecular weight is 672 g/mol. The van der Waals surface area contributed by atoms with Gasteiger partial charge in [-0.3, -0.25) is 23.9 Å². The Balaban J connectivity index is 0.000000328. The molecule has 3 heterocycles. The Morgan fingerprint density at radius 3 is 2.23 bits per heavy atom. The topological polar surface area (TPSA) is 218 Å². The first-order valence-electron chi connectivity index (χ1n) is 14.4. The molecule has 1 aliphatic heterocycles. The smallest absolute Gasteiger partial charge is 0.336 e. The van der Waals surface area contributed by atoms with Crippen molar-refractivity contribution in [2.45, 2.75) is 38.3 Å². The summed E-state index contributed by atoms with van der Waals surface area (Å²) in [5, 5.41) is 42.8. The van der Waals surface area contributed by atoms with Crippen LogP contribution in [-0.2, 0) is 27.3 Å². The molecule has 2 aromatic carbocycles. The monoisotopic (exact) mass is 671 g/mol. The van der Waals surface area contributed by atoms with E-state index in [0.717, 1.165) is 54.1 Å². The number of fused-ring (bicyclic) bond motifs is 1. The van der Waals surface area contributed by atoms with Crippen molar-refractivity contribution in [1.29, 1.82) is 0 Å². The van der Waals surface area contributed by atoms with E-state index in [-0.39, 0.29) is 5.91 Å². The van der Waals surface area contributed by atoms with Gasteiger partial charge in [-0.05, 0) is 55.0 Å². The second kappa shape index (κ2) is 15.2. The Bertz CT molecular complexity index is 1750. The van der Waals surface area contributed by atoms with Crippen LogP contribution in [0.1, 0.15) is 46.2 Å². The van der Waals surface area contributed by atoms with Crippen LogP contribution in [0, 0.1) is 6.92 Å². The van der Waals surface area contributed by atoms with E-state index >= 15 is 0 Å². The number of methoxy groups -OCH3 is 1. The molecule has 5 rings (SSSR count). The fourth-order valence-electron chi connectivity index (χ4n) is 5.16. The van der Waals surface area contributed by atoms with Gasteiger partial charge in [0.05, 0.1) is 38.4 Å². The molecule has 16 heteroatoms. The van der Waals surface area contributed by atoms with E-state index in [0.29, 0.717) is 35.3 Å². The van der Waals surface area contributed by atoms with E-state index < -0.39 is 36.4 Å². The number of aliphatic hydroxyl groups is 1. The molecule has 0 unspecified atom stereocenters. The van der Waals surface area contributed by atoms with Gasteiger partial charge in [0.15, 0.2) is 11.4 Å². The van der Waals surface area contributed by atoms with E-state index in [1.807, 2.05) is 25.1 Å². The van der Waals surface area contributed by atoms with E-state index in [1.54, 1.807) is 35.9 Å². The highest BCUT2D eigenvalue weighted by molar-refractivity contribution is 6.30. The van der Waals surface area contributed by atoms with Crippen molar-refractivity contribution in [1.82, 2.24) is 24.9 Å². The van der Waals surface area contributed by atoms with Crippen molar-refractivity contribution in [3.8, 4) is 5.75 Å². The number of piperazine rings is 1. The number of nitrogens with one attached hydrogen (secondary N) is 1. The molecule has 1 fully saturated rings. The number of hydrogen-bond acceptors (Lipinski definition) is 11. The molecule has 0 radical (unpaired) electrons. The summed E-state index contributed by atoms with van der Waals surface area (Å²) in [5.74, 6) is -3.23. The van der Waals surface area contributed by atoms with Crippen molar-refractivity contribution in [3.63, 3.8) is 0 Å². The predicted molar refractivity (Wildman–Crippen MR) is 167 cm³/mol. The van der Waals surface area contributed by atoms with Crippen LogP contribution in [0.3, 0.4) is 0 Å². The molecule has 4 aromatic rings. The van der Waals surface area contributed by atoms with E-state index in [9.17, 15) is 19.2 Å². The summed E-state index contributed by atoms with van der Waals surface area (Å²) in [6.07, 6.45) is -1.87. The quantitative estimate of drug-likeness (QED) is 0.155. The van der Waals surface area contributed by atoms with Crippen LogP contribution in [0.25, 0.3) is 10.9 Å². The van der Waals surface area contributed by atoms with E-state index in [2.05, 4.69) is 20.4 Å². The molecule has 0 atom stereocenters. The van der Waals surface area contributed by atoms with Crippen molar-refractivity contribution < 1.29 is 48.9 Å². The van der Waals surface area contributed by atoms with Gasteiger partial charge in [0, 0.05) is 47.8 Å². The molecule has 1 saturated heterocycles. The van der Waals surface area contributed by atoms with Crippen LogP contribution in [0.4, 0.5) is 0 Å². The summed E-state index contributed by atoms with van der Waals surface area (Å²) in [6, 6.07) is 12.6. The SMILES string of the molecule is COc1ccc2c(c1)c(Cc1nc(CN3CCNCC3)no1)c(C)n2C(=O)c1ccc(Cl)cc1.O=C(O)CC(O)(CC(=O)O)C(=O)O. The zero-order valence-corrected chi connectivity index (χ0v) is 26.4. The zero-order valence-electron chi connectivity index (χ0n) is 25.6. The molecule has 15 nitrogen and oxygen atoms in total. The molecular weight excluding hydrogens is 638 g/mol. The van der Waals surface area contributed by atoms with Crippen LogP contribution >= 0.6 is 11.6 Å². The van der Waals surface area contributed by atoms with Crippen LogP contribution in [0.5, 0.6) is 5.75 Å². The predicted octanol–water partition coefficient (Wildman–Crippen LogP) is 2.43. The van der Waals surface area contributed by atoms with E-state index in [1.165, 1.54) is 0 Å². The number of carbonyl (C=O) groups is 4. The Morgan fingerprint density at radius 1 is 1.02 bits per heavy atom. The minimum Gasteiger partial charge on any atom is -0.497 e. The molecule has 5 N–H and O–H groups in total. The lowest BCUT2D eigenvalue weighted by Crippen LogP contribution is -2.43. The lowest BCUT2D eigenvalue weighted by Gasteiger charge is -2.25. The number of ether oxygens (including phenoxy) is 1. The number of rotatable bonds is 11. The summed E-state index contributed by atoms with van der Waals surface area (Å²) < 4.78 is 12.8. The van der Waals surface area contributed by atoms with Gasteiger partial charge >= 0.3 is 17.9 Å². The van der Waals surface area contributed by atoms with E-state index in [4.69, 9.17) is 41.3 Å². The van der Waals surface area contributed by atoms with Gasteiger partial charge in [-0.2, -0.15) is 4.98 Å². The maximum atomic E-state index is 13.5. The summed E-state index contributed by atoms with van der Waals surface area (Å²) in [6.45, 7) is 6.45. The standard InChI is InChI=1S/C25H26ClN5O3.C6H8O7/c1-16-20(14-24-28-23(29-34-24)15-30-11-9-27-10-12-30)21-13-19(33-2)7-8-22(21)31(16)25(32)17-3-5-18(26)6-4-17;7-3(8)1-6(13,5(11)12)2-4(9)10/h3-8,13,27H,9-12,14-15H2,1-2H3;13H,1-2H2,(H,7,8)(H,9,10)(H,11,12). The van der Waals surface area contributed by atoms with Crippen molar-refractivity contribution >= 4 is 46.3 Å². The Hall–Kier alpha value is -4.83. The number of aromatic nitrogens is 3. The Kier molecular flexibility index (Phi) is 11.3. The summed E-state index contributed by atoms with van der Waals surface area (Å²) in [7, 11) is 1.63. The number of aliphatic carboxylic acids is 3. The lowest BCUT2D eigenvalue weighted by molar-refractivity contribution is -0.170. The van der Waals surface area contributed by atoms with Crippen molar-refractivity contribution in [2.24, 2.45) is 0 Å². The maximum Gasteiger partial charge on any atom is 0.336 e. The molecule has 47 heavy (non-hydrogen) atoms. The van der Waals surface area contributed by atoms with Gasteiger partial charge in [-0.25, -0.2) is 4.79 Å². The third-order valence-corrected chi connectivity index (χ3v) is 7.79. The second-order valence-electron chi connectivity index (χ2n) is 10.9. The van der Waals surface area contributed by atoms with Crippen LogP contribution in [0.2, 0.25) is 5.02 Å². The van der Waals surface area contributed by atoms with Gasteiger partial charge in [-0.15, -0.1) is 0 Å².